The molecule has 0 aromatic heterocycles. The van der Waals surface area contributed by atoms with E-state index in [4.69, 9.17) is 4.74 Å². The van der Waals surface area contributed by atoms with Crippen molar-refractivity contribution in [2.75, 3.05) is 0 Å². The van der Waals surface area contributed by atoms with E-state index in [1.54, 1.807) is 0 Å². The van der Waals surface area contributed by atoms with Gasteiger partial charge in [-0.3, -0.25) is 4.79 Å². The lowest BCUT2D eigenvalue weighted by atomic mass is 9.59. The molecule has 0 spiro atoms. The van der Waals surface area contributed by atoms with Crippen molar-refractivity contribution in [1.82, 2.24) is 0 Å². The number of unbranched alkanes of at least 4 members (excludes halogenated alkanes) is 2. The van der Waals surface area contributed by atoms with Crippen molar-refractivity contribution in [3.05, 3.63) is 29.8 Å². The van der Waals surface area contributed by atoms with E-state index >= 15 is 0 Å². The minimum atomic E-state index is 0.0320. The van der Waals surface area contributed by atoms with E-state index in [0.717, 1.165) is 30.1 Å². The Morgan fingerprint density at radius 2 is 1.61 bits per heavy atom. The van der Waals surface area contributed by atoms with Gasteiger partial charge in [-0.25, -0.2) is 0 Å². The number of ether oxygens (including phenoxy) is 1. The summed E-state index contributed by atoms with van der Waals surface area (Å²) in [5.74, 6) is 5.07. The van der Waals surface area contributed by atoms with Crippen LogP contribution in [0.3, 0.4) is 0 Å². The molecule has 4 unspecified atom stereocenters. The second kappa shape index (κ2) is 11.0. The number of carbonyl (C=O) groups is 1. The van der Waals surface area contributed by atoms with Gasteiger partial charge in [0.25, 0.3) is 0 Å². The summed E-state index contributed by atoms with van der Waals surface area (Å²) in [5.41, 5.74) is 1.20. The Morgan fingerprint density at radius 3 is 2.35 bits per heavy atom. The number of aryl methyl sites for hydroxylation is 1. The van der Waals surface area contributed by atoms with Crippen LogP contribution in [0.2, 0.25) is 0 Å². The molecule has 0 aliphatic heterocycles. The summed E-state index contributed by atoms with van der Waals surface area (Å²) in [6, 6.07) is 7.91. The number of carbonyl (C=O) groups excluding carboxylic acids is 1. The summed E-state index contributed by atoms with van der Waals surface area (Å²) in [7, 11) is 0. The van der Waals surface area contributed by atoms with Crippen LogP contribution < -0.4 is 4.74 Å². The van der Waals surface area contributed by atoms with E-state index < -0.39 is 0 Å². The van der Waals surface area contributed by atoms with Gasteiger partial charge >= 0.3 is 5.97 Å². The van der Waals surface area contributed by atoms with Crippen LogP contribution in [0, 0.1) is 42.4 Å². The van der Waals surface area contributed by atoms with Gasteiger partial charge in [-0.15, -0.1) is 0 Å². The first-order valence-electron chi connectivity index (χ1n) is 13.4. The second-order valence-corrected chi connectivity index (χ2v) is 11.0. The maximum absolute atomic E-state index is 13.0. The van der Waals surface area contributed by atoms with Gasteiger partial charge in [0.05, 0.1) is 5.92 Å². The average molecular weight is 425 g/mol. The molecule has 1 aromatic carbocycles. The van der Waals surface area contributed by atoms with E-state index in [2.05, 4.69) is 13.8 Å². The van der Waals surface area contributed by atoms with Crippen molar-refractivity contribution in [3.63, 3.8) is 0 Å². The monoisotopic (exact) mass is 424 g/mol. The van der Waals surface area contributed by atoms with E-state index in [1.165, 1.54) is 89.0 Å². The van der Waals surface area contributed by atoms with Crippen molar-refractivity contribution in [3.8, 4) is 5.75 Å². The molecule has 4 atom stereocenters. The van der Waals surface area contributed by atoms with Crippen LogP contribution in [0.15, 0.2) is 24.3 Å². The van der Waals surface area contributed by atoms with Gasteiger partial charge in [0.2, 0.25) is 0 Å². The molecule has 3 fully saturated rings. The Balaban J connectivity index is 1.27. The first-order chi connectivity index (χ1) is 15.1. The van der Waals surface area contributed by atoms with Gasteiger partial charge < -0.3 is 4.74 Å². The van der Waals surface area contributed by atoms with E-state index in [1.807, 2.05) is 24.3 Å². The van der Waals surface area contributed by atoms with E-state index in [9.17, 15) is 4.79 Å². The molecule has 2 nitrogen and oxygen atoms in total. The molecule has 0 saturated heterocycles. The molecule has 3 aliphatic rings. The van der Waals surface area contributed by atoms with Gasteiger partial charge in [-0.1, -0.05) is 76.0 Å². The lowest BCUT2D eigenvalue weighted by Gasteiger charge is -2.46. The number of benzene rings is 1. The molecular weight excluding hydrogens is 380 g/mol. The highest BCUT2D eigenvalue weighted by Crippen LogP contribution is 2.50. The molecule has 31 heavy (non-hydrogen) atoms. The Morgan fingerprint density at radius 1 is 0.871 bits per heavy atom. The quantitative estimate of drug-likeness (QED) is 0.251. The summed E-state index contributed by atoms with van der Waals surface area (Å²) in [5, 5.41) is 0. The van der Waals surface area contributed by atoms with Crippen molar-refractivity contribution < 1.29 is 9.53 Å². The molecule has 1 aromatic rings. The van der Waals surface area contributed by atoms with Crippen molar-refractivity contribution in [2.24, 2.45) is 35.5 Å². The molecular formula is C29H44O2. The first kappa shape index (κ1) is 22.9. The zero-order valence-corrected chi connectivity index (χ0v) is 20.0. The van der Waals surface area contributed by atoms with Crippen LogP contribution in [-0.2, 0) is 4.79 Å². The maximum Gasteiger partial charge on any atom is 0.314 e. The third kappa shape index (κ3) is 5.93. The number of hydrogen-bond donors (Lipinski definition) is 0. The van der Waals surface area contributed by atoms with E-state index in [-0.39, 0.29) is 11.9 Å². The predicted octanol–water partition coefficient (Wildman–Crippen LogP) is 8.12. The van der Waals surface area contributed by atoms with Crippen LogP contribution >= 0.6 is 0 Å². The Labute approximate surface area is 190 Å². The molecule has 0 N–H and O–H groups in total. The molecule has 0 amide bonds. The van der Waals surface area contributed by atoms with Crippen LogP contribution in [-0.4, -0.2) is 5.97 Å². The molecule has 3 saturated carbocycles. The first-order valence-corrected chi connectivity index (χ1v) is 13.4. The Hall–Kier alpha value is -1.31. The zero-order chi connectivity index (χ0) is 21.6. The number of hydrogen-bond acceptors (Lipinski definition) is 2. The lowest BCUT2D eigenvalue weighted by Crippen LogP contribution is -2.40. The van der Waals surface area contributed by atoms with Crippen LogP contribution in [0.25, 0.3) is 0 Å². The average Bonchev–Trinajstić information content (AvgIpc) is 2.80. The minimum Gasteiger partial charge on any atom is -0.426 e. The van der Waals surface area contributed by atoms with Gasteiger partial charge in [-0.05, 0) is 87.2 Å². The topological polar surface area (TPSA) is 26.3 Å². The molecule has 0 radical (unpaired) electrons. The largest absolute Gasteiger partial charge is 0.426 e. The molecule has 0 heterocycles. The minimum absolute atomic E-state index is 0.0320. The lowest BCUT2D eigenvalue weighted by molar-refractivity contribution is -0.144. The van der Waals surface area contributed by atoms with Gasteiger partial charge in [0, 0.05) is 0 Å². The Bertz CT molecular complexity index is 685. The van der Waals surface area contributed by atoms with Crippen molar-refractivity contribution >= 4 is 5.97 Å². The van der Waals surface area contributed by atoms with Crippen LogP contribution in [0.1, 0.15) is 102 Å². The number of fused-ring (bicyclic) bond motifs is 1. The van der Waals surface area contributed by atoms with Crippen LogP contribution in [0.5, 0.6) is 5.75 Å². The van der Waals surface area contributed by atoms with Crippen molar-refractivity contribution in [2.45, 2.75) is 104 Å². The summed E-state index contributed by atoms with van der Waals surface area (Å²) < 4.78 is 5.81. The highest BCUT2D eigenvalue weighted by Gasteiger charge is 2.43. The highest BCUT2D eigenvalue weighted by molar-refractivity contribution is 5.75. The number of esters is 1. The maximum atomic E-state index is 13.0. The predicted molar refractivity (Wildman–Crippen MR) is 128 cm³/mol. The SMILES string of the molecule is CCCCCC1CCC(C2CCC3C(CCCC3C(=O)Oc3ccc(C)cc3)C2)CC1. The van der Waals surface area contributed by atoms with Crippen LogP contribution in [0.4, 0.5) is 0 Å². The van der Waals surface area contributed by atoms with E-state index in [0.29, 0.717) is 11.7 Å². The zero-order valence-electron chi connectivity index (χ0n) is 20.0. The fourth-order valence-electron chi connectivity index (χ4n) is 7.15. The third-order valence-corrected chi connectivity index (χ3v) is 9.00. The summed E-state index contributed by atoms with van der Waals surface area (Å²) >= 11 is 0. The fraction of sp³-hybridized carbons (Fsp3) is 0.759. The Kier molecular flexibility index (Phi) is 8.13. The summed E-state index contributed by atoms with van der Waals surface area (Å²) in [4.78, 5) is 13.0. The smallest absolute Gasteiger partial charge is 0.314 e. The number of rotatable bonds is 7. The molecule has 3 aliphatic carbocycles. The van der Waals surface area contributed by atoms with Gasteiger partial charge in [-0.2, -0.15) is 0 Å². The van der Waals surface area contributed by atoms with Gasteiger partial charge in [0.15, 0.2) is 0 Å². The third-order valence-electron chi connectivity index (χ3n) is 9.00. The van der Waals surface area contributed by atoms with Gasteiger partial charge in [0.1, 0.15) is 5.75 Å². The fourth-order valence-corrected chi connectivity index (χ4v) is 7.15. The molecule has 0 bridgehead atoms. The summed E-state index contributed by atoms with van der Waals surface area (Å²) in [6.07, 6.45) is 19.1. The normalized spacial score (nSPS) is 33.5. The molecule has 2 heteroatoms. The highest BCUT2D eigenvalue weighted by atomic mass is 16.5. The van der Waals surface area contributed by atoms with Crippen molar-refractivity contribution in [1.29, 1.82) is 0 Å². The standard InChI is InChI=1S/C29H44O2/c1-3-4-5-7-22-12-14-23(15-13-22)24-16-19-27-25(20-24)8-6-9-28(27)29(30)31-26-17-10-21(2)11-18-26/h10-11,17-18,22-25,27-28H,3-9,12-16,19-20H2,1-2H3. The molecule has 4 rings (SSSR count). The second-order valence-electron chi connectivity index (χ2n) is 11.0. The summed E-state index contributed by atoms with van der Waals surface area (Å²) in [6.45, 7) is 4.37. The molecule has 172 valence electrons.